The summed E-state index contributed by atoms with van der Waals surface area (Å²) in [5, 5.41) is 13.5. The lowest BCUT2D eigenvalue weighted by Crippen LogP contribution is -2.44. The van der Waals surface area contributed by atoms with Gasteiger partial charge in [-0.15, -0.1) is 0 Å². The fourth-order valence-corrected chi connectivity index (χ4v) is 1.82. The van der Waals surface area contributed by atoms with Crippen LogP contribution in [-0.4, -0.2) is 29.1 Å². The number of amides is 3. The maximum atomic E-state index is 11.4. The van der Waals surface area contributed by atoms with E-state index in [9.17, 15) is 14.4 Å². The number of aliphatic carboxylic acids is 1. The summed E-state index contributed by atoms with van der Waals surface area (Å²) in [6, 6.07) is -0.420. The molecule has 0 aromatic heterocycles. The van der Waals surface area contributed by atoms with Crippen molar-refractivity contribution in [3.05, 3.63) is 0 Å². The zero-order valence-corrected chi connectivity index (χ0v) is 10.7. The molecule has 0 spiro atoms. The van der Waals surface area contributed by atoms with Gasteiger partial charge in [0.05, 0.1) is 0 Å². The molecule has 1 aliphatic carbocycles. The van der Waals surface area contributed by atoms with Gasteiger partial charge in [0, 0.05) is 18.9 Å². The lowest BCUT2D eigenvalue weighted by molar-refractivity contribution is -0.138. The van der Waals surface area contributed by atoms with Gasteiger partial charge in [-0.3, -0.25) is 14.9 Å². The van der Waals surface area contributed by atoms with Crippen LogP contribution in [0.15, 0.2) is 0 Å². The number of imide groups is 1. The molecule has 1 fully saturated rings. The second kappa shape index (κ2) is 6.37. The van der Waals surface area contributed by atoms with Crippen LogP contribution in [0, 0.1) is 11.8 Å². The van der Waals surface area contributed by atoms with Crippen LogP contribution in [0.5, 0.6) is 0 Å². The van der Waals surface area contributed by atoms with Crippen molar-refractivity contribution in [3.63, 3.8) is 0 Å². The number of carboxylic acids is 1. The quantitative estimate of drug-likeness (QED) is 0.663. The standard InChI is InChI=1S/C12H20N2O4/c1-7(6-11(16)17)5-10(15)14-12(18)13-8(2)9-3-4-9/h7-9H,3-6H2,1-2H3,(H,16,17)(H2,13,14,15,18). The van der Waals surface area contributed by atoms with Crippen LogP contribution >= 0.6 is 0 Å². The Balaban J connectivity index is 2.21. The predicted molar refractivity (Wildman–Crippen MR) is 64.9 cm³/mol. The molecule has 1 rings (SSSR count). The Morgan fingerprint density at radius 2 is 1.83 bits per heavy atom. The molecule has 6 heteroatoms. The zero-order valence-electron chi connectivity index (χ0n) is 10.7. The number of urea groups is 1. The van der Waals surface area contributed by atoms with Gasteiger partial charge in [0.2, 0.25) is 5.91 Å². The molecule has 1 saturated carbocycles. The average molecular weight is 256 g/mol. The van der Waals surface area contributed by atoms with E-state index >= 15 is 0 Å². The Morgan fingerprint density at radius 3 is 2.33 bits per heavy atom. The minimum Gasteiger partial charge on any atom is -0.481 e. The molecule has 0 radical (unpaired) electrons. The Bertz CT molecular complexity index is 339. The number of hydrogen-bond donors (Lipinski definition) is 3. The first-order chi connectivity index (χ1) is 8.38. The van der Waals surface area contributed by atoms with Crippen molar-refractivity contribution in [1.29, 1.82) is 0 Å². The Hall–Kier alpha value is -1.59. The molecule has 3 N–H and O–H groups in total. The van der Waals surface area contributed by atoms with Gasteiger partial charge in [-0.2, -0.15) is 0 Å². The topological polar surface area (TPSA) is 95.5 Å². The van der Waals surface area contributed by atoms with Gasteiger partial charge in [0.1, 0.15) is 0 Å². The molecule has 0 bridgehead atoms. The molecule has 1 aliphatic rings. The highest BCUT2D eigenvalue weighted by atomic mass is 16.4. The molecule has 0 aromatic carbocycles. The number of carboxylic acid groups (broad SMARTS) is 1. The molecule has 2 atom stereocenters. The van der Waals surface area contributed by atoms with Crippen LogP contribution in [0.4, 0.5) is 4.79 Å². The minimum atomic E-state index is -0.942. The first-order valence-corrected chi connectivity index (χ1v) is 6.20. The van der Waals surface area contributed by atoms with Crippen molar-refractivity contribution in [2.24, 2.45) is 11.8 Å². The van der Waals surface area contributed by atoms with E-state index < -0.39 is 17.9 Å². The third-order valence-electron chi connectivity index (χ3n) is 3.00. The molecule has 0 saturated heterocycles. The van der Waals surface area contributed by atoms with E-state index in [1.54, 1.807) is 6.92 Å². The van der Waals surface area contributed by atoms with Gasteiger partial charge in [0.25, 0.3) is 0 Å². The molecule has 2 unspecified atom stereocenters. The molecule has 0 heterocycles. The number of carbonyl (C=O) groups is 3. The predicted octanol–water partition coefficient (Wildman–Crippen LogP) is 1.11. The summed E-state index contributed by atoms with van der Waals surface area (Å²) in [6.07, 6.45) is 2.20. The van der Waals surface area contributed by atoms with Crippen molar-refractivity contribution >= 4 is 17.9 Å². The lowest BCUT2D eigenvalue weighted by Gasteiger charge is -2.14. The Labute approximate surface area is 106 Å². The summed E-state index contributed by atoms with van der Waals surface area (Å²) >= 11 is 0. The first-order valence-electron chi connectivity index (χ1n) is 6.20. The number of hydrogen-bond acceptors (Lipinski definition) is 3. The van der Waals surface area contributed by atoms with Crippen LogP contribution in [-0.2, 0) is 9.59 Å². The van der Waals surface area contributed by atoms with Gasteiger partial charge >= 0.3 is 12.0 Å². The summed E-state index contributed by atoms with van der Waals surface area (Å²) in [5.74, 6) is -1.14. The van der Waals surface area contributed by atoms with Crippen molar-refractivity contribution < 1.29 is 19.5 Å². The number of rotatable bonds is 6. The van der Waals surface area contributed by atoms with Crippen molar-refractivity contribution in [2.75, 3.05) is 0 Å². The summed E-state index contributed by atoms with van der Waals surface area (Å²) < 4.78 is 0. The maximum absolute atomic E-state index is 11.4. The fraction of sp³-hybridized carbons (Fsp3) is 0.750. The summed E-state index contributed by atoms with van der Waals surface area (Å²) in [5.41, 5.74) is 0. The third-order valence-corrected chi connectivity index (χ3v) is 3.00. The second-order valence-corrected chi connectivity index (χ2v) is 5.05. The molecule has 3 amide bonds. The molecule has 18 heavy (non-hydrogen) atoms. The zero-order chi connectivity index (χ0) is 13.7. The molecular weight excluding hydrogens is 236 g/mol. The minimum absolute atomic E-state index is 0.0392. The smallest absolute Gasteiger partial charge is 0.321 e. The molecule has 6 nitrogen and oxygen atoms in total. The van der Waals surface area contributed by atoms with E-state index in [1.807, 2.05) is 6.92 Å². The molecule has 102 valence electrons. The van der Waals surface area contributed by atoms with Crippen LogP contribution in [0.25, 0.3) is 0 Å². The van der Waals surface area contributed by atoms with E-state index in [0.29, 0.717) is 5.92 Å². The van der Waals surface area contributed by atoms with Gasteiger partial charge in [0.15, 0.2) is 0 Å². The molecule has 0 aromatic rings. The van der Waals surface area contributed by atoms with Crippen LogP contribution < -0.4 is 10.6 Å². The number of nitrogens with one attached hydrogen (secondary N) is 2. The monoisotopic (exact) mass is 256 g/mol. The van der Waals surface area contributed by atoms with Crippen molar-refractivity contribution in [1.82, 2.24) is 10.6 Å². The first kappa shape index (κ1) is 14.5. The average Bonchev–Trinajstić information content (AvgIpc) is 2.96. The normalized spacial score (nSPS) is 17.7. The lowest BCUT2D eigenvalue weighted by atomic mass is 10.0. The largest absolute Gasteiger partial charge is 0.481 e. The van der Waals surface area contributed by atoms with E-state index in [4.69, 9.17) is 5.11 Å². The van der Waals surface area contributed by atoms with Crippen molar-refractivity contribution in [3.8, 4) is 0 Å². The maximum Gasteiger partial charge on any atom is 0.321 e. The Kier molecular flexibility index (Phi) is 5.12. The third kappa shape index (κ3) is 5.65. The highest BCUT2D eigenvalue weighted by molar-refractivity contribution is 5.94. The van der Waals surface area contributed by atoms with Gasteiger partial charge in [-0.05, 0) is 31.6 Å². The fourth-order valence-electron chi connectivity index (χ4n) is 1.82. The Morgan fingerprint density at radius 1 is 1.22 bits per heavy atom. The van der Waals surface area contributed by atoms with Crippen LogP contribution in [0.3, 0.4) is 0 Å². The number of carbonyl (C=O) groups excluding carboxylic acids is 2. The van der Waals surface area contributed by atoms with Crippen LogP contribution in [0.2, 0.25) is 0 Å². The van der Waals surface area contributed by atoms with Crippen LogP contribution in [0.1, 0.15) is 39.5 Å². The van der Waals surface area contributed by atoms with E-state index in [-0.39, 0.29) is 24.8 Å². The highest BCUT2D eigenvalue weighted by Gasteiger charge is 2.29. The van der Waals surface area contributed by atoms with E-state index in [1.165, 1.54) is 0 Å². The summed E-state index contributed by atoms with van der Waals surface area (Å²) in [6.45, 7) is 3.58. The SMILES string of the molecule is CC(CC(=O)O)CC(=O)NC(=O)NC(C)C1CC1. The van der Waals surface area contributed by atoms with Gasteiger partial charge in [-0.1, -0.05) is 6.92 Å². The summed E-state index contributed by atoms with van der Waals surface area (Å²) in [4.78, 5) is 33.3. The van der Waals surface area contributed by atoms with E-state index in [0.717, 1.165) is 12.8 Å². The second-order valence-electron chi connectivity index (χ2n) is 5.05. The van der Waals surface area contributed by atoms with E-state index in [2.05, 4.69) is 10.6 Å². The summed E-state index contributed by atoms with van der Waals surface area (Å²) in [7, 11) is 0. The van der Waals surface area contributed by atoms with Crippen molar-refractivity contribution in [2.45, 2.75) is 45.6 Å². The molecular formula is C12H20N2O4. The van der Waals surface area contributed by atoms with Gasteiger partial charge < -0.3 is 10.4 Å². The van der Waals surface area contributed by atoms with Gasteiger partial charge in [-0.25, -0.2) is 4.79 Å². The highest BCUT2D eigenvalue weighted by Crippen LogP contribution is 2.32. The molecule has 0 aliphatic heterocycles.